The molecule has 0 radical (unpaired) electrons. The summed E-state index contributed by atoms with van der Waals surface area (Å²) in [5.74, 6) is -1.23. The molecule has 0 unspecified atom stereocenters. The van der Waals surface area contributed by atoms with E-state index < -0.39 is 27.5 Å². The fraction of sp³-hybridized carbons (Fsp3) is 0.516. The van der Waals surface area contributed by atoms with Crippen molar-refractivity contribution in [3.8, 4) is 27.2 Å². The van der Waals surface area contributed by atoms with Crippen LogP contribution in [-0.4, -0.2) is 65.8 Å². The molecule has 1 N–H and O–H groups in total. The lowest BCUT2D eigenvalue weighted by Crippen LogP contribution is -2.44. The number of sulfone groups is 1. The van der Waals surface area contributed by atoms with Crippen LogP contribution in [0.15, 0.2) is 36.4 Å². The van der Waals surface area contributed by atoms with Gasteiger partial charge in [0.15, 0.2) is 0 Å². The number of halogens is 1. The van der Waals surface area contributed by atoms with Gasteiger partial charge >= 0.3 is 0 Å². The Morgan fingerprint density at radius 2 is 1.81 bits per heavy atom. The molecule has 3 aromatic rings. The number of aromatic nitrogens is 3. The molecule has 3 aliphatic rings. The van der Waals surface area contributed by atoms with Crippen molar-refractivity contribution in [3.63, 3.8) is 0 Å². The second-order valence-corrected chi connectivity index (χ2v) is 15.5. The van der Waals surface area contributed by atoms with E-state index in [1.54, 1.807) is 0 Å². The van der Waals surface area contributed by atoms with Gasteiger partial charge in [0.1, 0.15) is 32.2 Å². The quantitative estimate of drug-likeness (QED) is 0.391. The average molecular weight is 623 g/mol. The maximum absolute atomic E-state index is 14.7. The molecular formula is C31H35FN6O3S2. The van der Waals surface area contributed by atoms with E-state index >= 15 is 0 Å². The number of aryl methyl sites for hydroxylation is 1. The summed E-state index contributed by atoms with van der Waals surface area (Å²) in [5.41, 5.74) is 3.30. The highest BCUT2D eigenvalue weighted by molar-refractivity contribution is 7.91. The number of nitriles is 1. The highest BCUT2D eigenvalue weighted by Gasteiger charge is 2.48. The zero-order valence-electron chi connectivity index (χ0n) is 24.3. The number of thiazole rings is 1. The van der Waals surface area contributed by atoms with Crippen molar-refractivity contribution >= 4 is 32.8 Å². The lowest BCUT2D eigenvalue weighted by Gasteiger charge is -2.33. The van der Waals surface area contributed by atoms with Crippen molar-refractivity contribution in [1.29, 1.82) is 5.26 Å². The lowest BCUT2D eigenvalue weighted by molar-refractivity contribution is -0.128. The highest BCUT2D eigenvalue weighted by atomic mass is 32.2. The predicted octanol–water partition coefficient (Wildman–Crippen LogP) is 4.98. The molecule has 2 aromatic heterocycles. The maximum Gasteiger partial charge on any atom is 0.225 e. The number of nitrogens with one attached hydrogen (secondary N) is 1. The Kier molecular flexibility index (Phi) is 7.98. The van der Waals surface area contributed by atoms with Crippen LogP contribution in [0, 0.1) is 24.2 Å². The molecule has 1 aromatic carbocycles. The van der Waals surface area contributed by atoms with Crippen molar-refractivity contribution in [3.05, 3.63) is 47.8 Å². The molecule has 9 nitrogen and oxygen atoms in total. The fourth-order valence-corrected chi connectivity index (χ4v) is 8.41. The van der Waals surface area contributed by atoms with E-state index in [4.69, 9.17) is 4.98 Å². The van der Waals surface area contributed by atoms with Crippen molar-refractivity contribution in [2.45, 2.75) is 74.7 Å². The van der Waals surface area contributed by atoms with Crippen LogP contribution >= 0.6 is 11.3 Å². The number of benzene rings is 1. The fourth-order valence-electron chi connectivity index (χ4n) is 6.23. The van der Waals surface area contributed by atoms with Gasteiger partial charge in [0.25, 0.3) is 0 Å². The molecule has 3 heterocycles. The first kappa shape index (κ1) is 29.6. The summed E-state index contributed by atoms with van der Waals surface area (Å²) in [4.78, 5) is 21.6. The number of piperidine rings is 1. The number of alkyl halides is 1. The van der Waals surface area contributed by atoms with Gasteiger partial charge in [-0.15, -0.1) is 16.4 Å². The van der Waals surface area contributed by atoms with Crippen LogP contribution in [0.1, 0.15) is 62.3 Å². The molecule has 1 aliphatic heterocycles. The number of amides is 1. The Bertz CT molecular complexity index is 1640. The van der Waals surface area contributed by atoms with Crippen molar-refractivity contribution in [1.82, 2.24) is 20.5 Å². The minimum atomic E-state index is -3.05. The summed E-state index contributed by atoms with van der Waals surface area (Å²) in [6, 6.07) is 14.1. The van der Waals surface area contributed by atoms with Gasteiger partial charge in [0, 0.05) is 36.9 Å². The molecule has 43 heavy (non-hydrogen) atoms. The van der Waals surface area contributed by atoms with Crippen LogP contribution in [0.5, 0.6) is 0 Å². The first-order valence-corrected chi connectivity index (χ1v) is 17.6. The number of carbonyl (C=O) groups is 1. The Hall–Kier alpha value is -3.43. The summed E-state index contributed by atoms with van der Waals surface area (Å²) in [6.45, 7) is 3.21. The smallest absolute Gasteiger partial charge is 0.225 e. The summed E-state index contributed by atoms with van der Waals surface area (Å²) in [5, 5.41) is 21.4. The SMILES string of the molecule is Cc1ccc(-c2nc([C@@H]3CC[C@H](F)C[C@H]3C(=O)NC3(C#N)CC3)c(-c3ccc(N4CCC(S(C)(=O)=O)CC4)cc3)s2)nn1. The normalized spacial score (nSPS) is 23.9. The van der Waals surface area contributed by atoms with Gasteiger partial charge in [-0.1, -0.05) is 12.1 Å². The Balaban J connectivity index is 1.32. The van der Waals surface area contributed by atoms with Gasteiger partial charge in [-0.25, -0.2) is 17.8 Å². The molecule has 12 heteroatoms. The predicted molar refractivity (Wildman–Crippen MR) is 164 cm³/mol. The molecule has 2 aliphatic carbocycles. The molecule has 6 rings (SSSR count). The third kappa shape index (κ3) is 6.29. The average Bonchev–Trinajstić information content (AvgIpc) is 3.64. The summed E-state index contributed by atoms with van der Waals surface area (Å²) in [6.07, 6.45) is 3.58. The van der Waals surface area contributed by atoms with Crippen molar-refractivity contribution in [2.24, 2.45) is 5.92 Å². The number of carbonyl (C=O) groups excluding carboxylic acids is 1. The second-order valence-electron chi connectivity index (χ2n) is 12.2. The van der Waals surface area contributed by atoms with E-state index in [0.29, 0.717) is 62.3 Å². The van der Waals surface area contributed by atoms with Crippen LogP contribution in [0.25, 0.3) is 21.1 Å². The molecule has 226 valence electrons. The zero-order valence-corrected chi connectivity index (χ0v) is 25.9. The van der Waals surface area contributed by atoms with E-state index in [-0.39, 0.29) is 23.5 Å². The summed E-state index contributed by atoms with van der Waals surface area (Å²) in [7, 11) is -3.05. The van der Waals surface area contributed by atoms with E-state index in [1.807, 2.05) is 43.3 Å². The summed E-state index contributed by atoms with van der Waals surface area (Å²) < 4.78 is 38.7. The Labute approximate surface area is 255 Å². The number of nitrogens with zero attached hydrogens (tertiary/aromatic N) is 5. The number of hydrogen-bond donors (Lipinski definition) is 1. The number of anilines is 1. The summed E-state index contributed by atoms with van der Waals surface area (Å²) >= 11 is 1.48. The second kappa shape index (κ2) is 11.6. The zero-order chi connectivity index (χ0) is 30.4. The van der Waals surface area contributed by atoms with Crippen molar-refractivity contribution in [2.75, 3.05) is 24.2 Å². The monoisotopic (exact) mass is 622 g/mol. The standard InChI is InChI=1S/C31H35FN6O3S2/c1-19-3-10-26(37-36-19)30-34-27(24-9-6-21(32)17-25(24)29(39)35-31(18-33)13-14-31)28(42-30)20-4-7-22(8-5-20)38-15-11-23(12-16-38)43(2,40)41/h3-5,7-8,10,21,23-25H,6,9,11-17H2,1-2H3,(H,35,39)/t21-,24+,25+/m0/s1. The number of rotatable bonds is 7. The third-order valence-corrected chi connectivity index (χ3v) is 11.8. The topological polar surface area (TPSA) is 129 Å². The van der Waals surface area contributed by atoms with Crippen LogP contribution in [0.3, 0.4) is 0 Å². The van der Waals surface area contributed by atoms with Gasteiger partial charge in [-0.2, -0.15) is 10.4 Å². The Morgan fingerprint density at radius 3 is 2.42 bits per heavy atom. The number of hydrogen-bond acceptors (Lipinski definition) is 9. The van der Waals surface area contributed by atoms with Crippen molar-refractivity contribution < 1.29 is 17.6 Å². The minimum absolute atomic E-state index is 0.0943. The molecule has 0 bridgehead atoms. The highest BCUT2D eigenvalue weighted by Crippen LogP contribution is 2.47. The largest absolute Gasteiger partial charge is 0.371 e. The molecule has 3 atom stereocenters. The van der Waals surface area contributed by atoms with Gasteiger partial charge in [0.05, 0.1) is 27.6 Å². The first-order valence-electron chi connectivity index (χ1n) is 14.8. The molecule has 2 saturated carbocycles. The van der Waals surface area contributed by atoms with E-state index in [0.717, 1.165) is 27.5 Å². The molecule has 0 spiro atoms. The van der Waals surface area contributed by atoms with E-state index in [9.17, 15) is 22.9 Å². The molecule has 1 amide bonds. The third-order valence-electron chi connectivity index (χ3n) is 9.01. The van der Waals surface area contributed by atoms with Crippen LogP contribution in [0.4, 0.5) is 10.1 Å². The molecule has 3 fully saturated rings. The van der Waals surface area contributed by atoms with E-state index in [1.165, 1.54) is 17.6 Å². The van der Waals surface area contributed by atoms with Gasteiger partial charge in [-0.3, -0.25) is 4.79 Å². The molecule has 1 saturated heterocycles. The van der Waals surface area contributed by atoms with Crippen LogP contribution < -0.4 is 10.2 Å². The van der Waals surface area contributed by atoms with Gasteiger partial charge in [0.2, 0.25) is 5.91 Å². The van der Waals surface area contributed by atoms with Gasteiger partial charge in [-0.05, 0) is 81.7 Å². The van der Waals surface area contributed by atoms with Crippen LogP contribution in [-0.2, 0) is 14.6 Å². The molecular weight excluding hydrogens is 588 g/mol. The Morgan fingerprint density at radius 1 is 1.09 bits per heavy atom. The first-order chi connectivity index (χ1) is 20.5. The van der Waals surface area contributed by atoms with E-state index in [2.05, 4.69) is 26.5 Å². The van der Waals surface area contributed by atoms with Gasteiger partial charge < -0.3 is 10.2 Å². The minimum Gasteiger partial charge on any atom is -0.371 e. The lowest BCUT2D eigenvalue weighted by atomic mass is 9.75. The van der Waals surface area contributed by atoms with Crippen LogP contribution in [0.2, 0.25) is 0 Å². The maximum atomic E-state index is 14.7.